The largest absolute Gasteiger partial charge is 0.481 e. The zero-order valence-electron chi connectivity index (χ0n) is 10.9. The third-order valence-electron chi connectivity index (χ3n) is 3.70. The topological polar surface area (TPSA) is 57.6 Å². The van der Waals surface area contributed by atoms with Crippen LogP contribution >= 0.6 is 22.6 Å². The van der Waals surface area contributed by atoms with Gasteiger partial charge in [-0.05, 0) is 54.5 Å². The van der Waals surface area contributed by atoms with Crippen molar-refractivity contribution in [2.45, 2.75) is 20.3 Å². The summed E-state index contributed by atoms with van der Waals surface area (Å²) < 4.78 is 0.939. The smallest absolute Gasteiger partial charge is 0.311 e. The molecule has 1 aromatic carbocycles. The van der Waals surface area contributed by atoms with Crippen LogP contribution in [0, 0.1) is 15.9 Å². The molecule has 102 valence electrons. The Kier molecular flexibility index (Phi) is 3.85. The molecular weight excluding hydrogens is 357 g/mol. The van der Waals surface area contributed by atoms with Gasteiger partial charge in [0.1, 0.15) is 0 Å². The summed E-state index contributed by atoms with van der Waals surface area (Å²) in [6.07, 6.45) is 0.510. The SMILES string of the molecule is Cc1cccc(C(=O)N2CCC(C)(C(=O)O)C2)c1I. The summed E-state index contributed by atoms with van der Waals surface area (Å²) in [6.45, 7) is 4.45. The first-order valence-corrected chi connectivity index (χ1v) is 7.21. The first-order chi connectivity index (χ1) is 8.85. The van der Waals surface area contributed by atoms with Crippen LogP contribution in [0.5, 0.6) is 0 Å². The molecule has 0 radical (unpaired) electrons. The molecule has 1 saturated heterocycles. The monoisotopic (exact) mass is 373 g/mol. The molecule has 4 nitrogen and oxygen atoms in total. The lowest BCUT2D eigenvalue weighted by Crippen LogP contribution is -2.35. The molecule has 1 amide bonds. The number of aryl methyl sites for hydroxylation is 1. The number of hydrogen-bond donors (Lipinski definition) is 1. The summed E-state index contributed by atoms with van der Waals surface area (Å²) in [6, 6.07) is 5.62. The molecule has 1 heterocycles. The fourth-order valence-electron chi connectivity index (χ4n) is 2.29. The van der Waals surface area contributed by atoms with Gasteiger partial charge in [-0.1, -0.05) is 12.1 Å². The van der Waals surface area contributed by atoms with E-state index in [2.05, 4.69) is 22.6 Å². The number of halogens is 1. The van der Waals surface area contributed by atoms with Gasteiger partial charge in [-0.25, -0.2) is 0 Å². The summed E-state index contributed by atoms with van der Waals surface area (Å²) in [5.41, 5.74) is 0.909. The summed E-state index contributed by atoms with van der Waals surface area (Å²) >= 11 is 2.16. The molecule has 1 atom stereocenters. The average molecular weight is 373 g/mol. The number of amides is 1. The number of carboxylic acids is 1. The van der Waals surface area contributed by atoms with Gasteiger partial charge in [0.2, 0.25) is 0 Å². The van der Waals surface area contributed by atoms with Crippen LogP contribution < -0.4 is 0 Å². The molecule has 19 heavy (non-hydrogen) atoms. The third kappa shape index (κ3) is 2.61. The fraction of sp³-hybridized carbons (Fsp3) is 0.429. The lowest BCUT2D eigenvalue weighted by Gasteiger charge is -2.21. The molecule has 1 aliphatic heterocycles. The number of carboxylic acid groups (broad SMARTS) is 1. The van der Waals surface area contributed by atoms with Crippen LogP contribution in [-0.2, 0) is 4.79 Å². The van der Waals surface area contributed by atoms with Crippen molar-refractivity contribution in [1.29, 1.82) is 0 Å². The van der Waals surface area contributed by atoms with Crippen LogP contribution in [0.3, 0.4) is 0 Å². The van der Waals surface area contributed by atoms with Crippen LogP contribution in [0.2, 0.25) is 0 Å². The van der Waals surface area contributed by atoms with Crippen LogP contribution in [-0.4, -0.2) is 35.0 Å². The Morgan fingerprint density at radius 1 is 1.42 bits per heavy atom. The number of rotatable bonds is 2. The van der Waals surface area contributed by atoms with Crippen molar-refractivity contribution in [2.75, 3.05) is 13.1 Å². The maximum Gasteiger partial charge on any atom is 0.311 e. The lowest BCUT2D eigenvalue weighted by molar-refractivity contribution is -0.147. The Morgan fingerprint density at radius 3 is 2.68 bits per heavy atom. The van der Waals surface area contributed by atoms with Gasteiger partial charge < -0.3 is 10.0 Å². The van der Waals surface area contributed by atoms with Gasteiger partial charge in [0.25, 0.3) is 5.91 Å². The number of carbonyl (C=O) groups excluding carboxylic acids is 1. The Labute approximate surface area is 125 Å². The van der Waals surface area contributed by atoms with E-state index >= 15 is 0 Å². The molecule has 0 aromatic heterocycles. The van der Waals surface area contributed by atoms with Crippen LogP contribution in [0.25, 0.3) is 0 Å². The highest BCUT2D eigenvalue weighted by Crippen LogP contribution is 2.31. The Bertz CT molecular complexity index is 543. The second kappa shape index (κ2) is 5.11. The van der Waals surface area contributed by atoms with E-state index in [-0.39, 0.29) is 12.5 Å². The molecule has 5 heteroatoms. The molecule has 2 rings (SSSR count). The summed E-state index contributed by atoms with van der Waals surface area (Å²) in [7, 11) is 0. The predicted octanol–water partition coefficient (Wildman–Crippen LogP) is 2.54. The highest BCUT2D eigenvalue weighted by Gasteiger charge is 2.42. The minimum atomic E-state index is -0.832. The molecule has 0 saturated carbocycles. The number of aliphatic carboxylic acids is 1. The van der Waals surface area contributed by atoms with Gasteiger partial charge >= 0.3 is 5.97 Å². The van der Waals surface area contributed by atoms with E-state index in [9.17, 15) is 14.7 Å². The van der Waals surface area contributed by atoms with Crippen LogP contribution in [0.1, 0.15) is 29.3 Å². The fourth-order valence-corrected chi connectivity index (χ4v) is 2.88. The number of carbonyl (C=O) groups is 2. The van der Waals surface area contributed by atoms with Gasteiger partial charge in [0.15, 0.2) is 0 Å². The number of benzene rings is 1. The van der Waals surface area contributed by atoms with Crippen molar-refractivity contribution in [3.8, 4) is 0 Å². The molecular formula is C14H16INO3. The first-order valence-electron chi connectivity index (χ1n) is 6.13. The van der Waals surface area contributed by atoms with E-state index in [1.54, 1.807) is 17.9 Å². The molecule has 1 fully saturated rings. The highest BCUT2D eigenvalue weighted by atomic mass is 127. The Hall–Kier alpha value is -1.11. The van der Waals surface area contributed by atoms with Gasteiger partial charge in [0, 0.05) is 16.7 Å². The molecule has 1 unspecified atom stereocenters. The number of likely N-dealkylation sites (tertiary alicyclic amines) is 1. The number of hydrogen-bond acceptors (Lipinski definition) is 2. The standard InChI is InChI=1S/C14H16INO3/c1-9-4-3-5-10(11(9)15)12(17)16-7-6-14(2,8-16)13(18)19/h3-5H,6-8H2,1-2H3,(H,18,19). The summed E-state index contributed by atoms with van der Waals surface area (Å²) in [5.74, 6) is -0.903. The van der Waals surface area contributed by atoms with E-state index < -0.39 is 11.4 Å². The van der Waals surface area contributed by atoms with Crippen LogP contribution in [0.4, 0.5) is 0 Å². The van der Waals surface area contributed by atoms with E-state index in [4.69, 9.17) is 0 Å². The van der Waals surface area contributed by atoms with Crippen molar-refractivity contribution in [3.05, 3.63) is 32.9 Å². The maximum atomic E-state index is 12.5. The molecule has 1 aliphatic rings. The molecule has 1 aromatic rings. The predicted molar refractivity (Wildman–Crippen MR) is 80.2 cm³/mol. The Balaban J connectivity index is 2.23. The van der Waals surface area contributed by atoms with Gasteiger partial charge in [-0.3, -0.25) is 9.59 Å². The quantitative estimate of drug-likeness (QED) is 0.811. The lowest BCUT2D eigenvalue weighted by atomic mass is 9.90. The van der Waals surface area contributed by atoms with Crippen LogP contribution in [0.15, 0.2) is 18.2 Å². The highest BCUT2D eigenvalue weighted by molar-refractivity contribution is 14.1. The molecule has 0 bridgehead atoms. The molecule has 0 aliphatic carbocycles. The number of nitrogens with zero attached hydrogens (tertiary/aromatic N) is 1. The minimum Gasteiger partial charge on any atom is -0.481 e. The van der Waals surface area contributed by atoms with E-state index in [1.165, 1.54) is 0 Å². The van der Waals surface area contributed by atoms with E-state index in [0.29, 0.717) is 18.5 Å². The Morgan fingerprint density at radius 2 is 2.11 bits per heavy atom. The van der Waals surface area contributed by atoms with Crippen molar-refractivity contribution < 1.29 is 14.7 Å². The summed E-state index contributed by atoms with van der Waals surface area (Å²) in [4.78, 5) is 25.3. The van der Waals surface area contributed by atoms with Gasteiger partial charge in [-0.2, -0.15) is 0 Å². The van der Waals surface area contributed by atoms with Crippen molar-refractivity contribution in [2.24, 2.45) is 5.41 Å². The second-order valence-electron chi connectivity index (χ2n) is 5.28. The van der Waals surface area contributed by atoms with E-state index in [1.807, 2.05) is 19.1 Å². The third-order valence-corrected chi connectivity index (χ3v) is 5.13. The molecule has 1 N–H and O–H groups in total. The first kappa shape index (κ1) is 14.3. The zero-order chi connectivity index (χ0) is 14.2. The molecule has 0 spiro atoms. The van der Waals surface area contributed by atoms with E-state index in [0.717, 1.165) is 9.13 Å². The second-order valence-corrected chi connectivity index (χ2v) is 6.36. The zero-order valence-corrected chi connectivity index (χ0v) is 13.1. The summed E-state index contributed by atoms with van der Waals surface area (Å²) in [5, 5.41) is 9.20. The van der Waals surface area contributed by atoms with Crippen molar-refractivity contribution in [1.82, 2.24) is 4.90 Å². The maximum absolute atomic E-state index is 12.5. The average Bonchev–Trinajstić information content (AvgIpc) is 2.76. The van der Waals surface area contributed by atoms with Gasteiger partial charge in [-0.15, -0.1) is 0 Å². The van der Waals surface area contributed by atoms with Crippen molar-refractivity contribution >= 4 is 34.5 Å². The van der Waals surface area contributed by atoms with Gasteiger partial charge in [0.05, 0.1) is 11.0 Å². The minimum absolute atomic E-state index is 0.0712. The normalized spacial score (nSPS) is 22.6. The van der Waals surface area contributed by atoms with Crippen molar-refractivity contribution in [3.63, 3.8) is 0 Å².